The summed E-state index contributed by atoms with van der Waals surface area (Å²) >= 11 is 0. The summed E-state index contributed by atoms with van der Waals surface area (Å²) in [6, 6.07) is 9.78. The smallest absolute Gasteiger partial charge is 0.337 e. The predicted octanol–water partition coefficient (Wildman–Crippen LogP) is 4.91. The average Bonchev–Trinajstić information content (AvgIpc) is 3.30. The van der Waals surface area contributed by atoms with Gasteiger partial charge in [0, 0.05) is 37.0 Å². The van der Waals surface area contributed by atoms with Crippen LogP contribution in [-0.4, -0.2) is 63.2 Å². The number of nitrogens with zero attached hydrogens (tertiary/aromatic N) is 4. The standard InChI is InChI=1S/C30H39N5O5/c1-20-25(26(28(36)37)40-29(2,3)4)27-34-14-12-30(5,13-15-34)39-17-9-8-16-38-22-11-7-6-10-21(22)19-31-23-18-24(32-20)35(27)33-23/h6-11,18,26H,12-17,19H2,1-5H3,(H,31,33)(H,36,37). The van der Waals surface area contributed by atoms with E-state index in [1.807, 2.05) is 70.2 Å². The molecular formula is C30H39N5O5. The molecule has 0 saturated carbocycles. The lowest BCUT2D eigenvalue weighted by molar-refractivity contribution is -0.160. The van der Waals surface area contributed by atoms with Crippen molar-refractivity contribution in [3.05, 3.63) is 59.3 Å². The number of carboxylic acid groups (broad SMARTS) is 1. The molecule has 2 N–H and O–H groups in total. The zero-order valence-corrected chi connectivity index (χ0v) is 23.9. The molecule has 6 rings (SSSR count). The topological polar surface area (TPSA) is 110 Å². The van der Waals surface area contributed by atoms with Crippen LogP contribution in [-0.2, 0) is 20.8 Å². The first kappa shape index (κ1) is 27.9. The van der Waals surface area contributed by atoms with Crippen LogP contribution >= 0.6 is 0 Å². The fourth-order valence-corrected chi connectivity index (χ4v) is 5.23. The van der Waals surface area contributed by atoms with Crippen LogP contribution in [0.1, 0.15) is 63.5 Å². The first-order chi connectivity index (χ1) is 19.0. The highest BCUT2D eigenvalue weighted by Crippen LogP contribution is 2.38. The molecule has 214 valence electrons. The molecule has 1 atom stereocenters. The monoisotopic (exact) mass is 549 g/mol. The summed E-state index contributed by atoms with van der Waals surface area (Å²) in [4.78, 5) is 19.6. The Hall–Kier alpha value is -3.63. The second kappa shape index (κ2) is 11.1. The first-order valence-corrected chi connectivity index (χ1v) is 13.8. The molecular weight excluding hydrogens is 510 g/mol. The first-order valence-electron chi connectivity index (χ1n) is 13.8. The van der Waals surface area contributed by atoms with E-state index in [4.69, 9.17) is 24.3 Å². The third-order valence-corrected chi connectivity index (χ3v) is 7.34. The molecule has 0 amide bonds. The molecule has 40 heavy (non-hydrogen) atoms. The number of anilines is 2. The highest BCUT2D eigenvalue weighted by molar-refractivity contribution is 5.78. The zero-order valence-electron chi connectivity index (χ0n) is 23.9. The number of fused-ring (bicyclic) bond motifs is 7. The Morgan fingerprint density at radius 2 is 1.90 bits per heavy atom. The van der Waals surface area contributed by atoms with Crippen LogP contribution in [0, 0.1) is 6.92 Å². The van der Waals surface area contributed by atoms with Gasteiger partial charge in [0.25, 0.3) is 0 Å². The zero-order chi connectivity index (χ0) is 28.5. The molecule has 4 bridgehead atoms. The van der Waals surface area contributed by atoms with Crippen molar-refractivity contribution < 1.29 is 24.1 Å². The van der Waals surface area contributed by atoms with Crippen LogP contribution in [0.25, 0.3) is 5.65 Å². The number of hydrogen-bond donors (Lipinski definition) is 2. The summed E-state index contributed by atoms with van der Waals surface area (Å²) in [5.41, 5.74) is 1.77. The Balaban J connectivity index is 1.62. The number of para-hydroxylation sites is 1. The van der Waals surface area contributed by atoms with E-state index in [-0.39, 0.29) is 5.60 Å². The average molecular weight is 550 g/mol. The largest absolute Gasteiger partial charge is 0.489 e. The number of piperidine rings is 1. The highest BCUT2D eigenvalue weighted by Gasteiger charge is 2.37. The molecule has 5 heterocycles. The third kappa shape index (κ3) is 6.08. The van der Waals surface area contributed by atoms with Crippen molar-refractivity contribution >= 4 is 23.3 Å². The molecule has 2 aromatic heterocycles. The van der Waals surface area contributed by atoms with E-state index in [0.717, 1.165) is 24.2 Å². The highest BCUT2D eigenvalue weighted by atomic mass is 16.5. The molecule has 1 fully saturated rings. The molecule has 3 aromatic rings. The molecule has 10 heteroatoms. The van der Waals surface area contributed by atoms with E-state index >= 15 is 0 Å². The van der Waals surface area contributed by atoms with E-state index in [0.29, 0.717) is 61.4 Å². The number of aromatic nitrogens is 3. The Labute approximate surface area is 234 Å². The van der Waals surface area contributed by atoms with Crippen LogP contribution in [0.3, 0.4) is 0 Å². The number of carbonyl (C=O) groups is 1. The van der Waals surface area contributed by atoms with Gasteiger partial charge >= 0.3 is 5.97 Å². The predicted molar refractivity (Wildman–Crippen MR) is 153 cm³/mol. The van der Waals surface area contributed by atoms with Crippen molar-refractivity contribution in [3.63, 3.8) is 0 Å². The van der Waals surface area contributed by atoms with E-state index in [1.54, 1.807) is 4.52 Å². The van der Waals surface area contributed by atoms with Gasteiger partial charge in [0.2, 0.25) is 0 Å². The number of rotatable bonds is 3. The lowest BCUT2D eigenvalue weighted by Crippen LogP contribution is -2.45. The third-order valence-electron chi connectivity index (χ3n) is 7.34. The fraction of sp³-hybridized carbons (Fsp3) is 0.500. The maximum absolute atomic E-state index is 12.6. The minimum Gasteiger partial charge on any atom is -0.489 e. The number of carboxylic acids is 1. The van der Waals surface area contributed by atoms with Crippen molar-refractivity contribution in [1.29, 1.82) is 0 Å². The summed E-state index contributed by atoms with van der Waals surface area (Å²) in [5.74, 6) is 1.06. The van der Waals surface area contributed by atoms with Gasteiger partial charge < -0.3 is 29.5 Å². The van der Waals surface area contributed by atoms with Gasteiger partial charge in [-0.05, 0) is 59.6 Å². The number of aryl methyl sites for hydroxylation is 1. The van der Waals surface area contributed by atoms with E-state index < -0.39 is 17.7 Å². The lowest BCUT2D eigenvalue weighted by atomic mass is 9.92. The van der Waals surface area contributed by atoms with Crippen molar-refractivity contribution in [2.75, 3.05) is 36.5 Å². The fourth-order valence-electron chi connectivity index (χ4n) is 5.23. The summed E-state index contributed by atoms with van der Waals surface area (Å²) < 4.78 is 20.2. The van der Waals surface area contributed by atoms with Gasteiger partial charge in [0.15, 0.2) is 17.6 Å². The Kier molecular flexibility index (Phi) is 7.74. The van der Waals surface area contributed by atoms with Crippen molar-refractivity contribution in [1.82, 2.24) is 14.6 Å². The van der Waals surface area contributed by atoms with Gasteiger partial charge in [-0.25, -0.2) is 9.78 Å². The minimum atomic E-state index is -1.20. The summed E-state index contributed by atoms with van der Waals surface area (Å²) in [7, 11) is 0. The maximum atomic E-state index is 12.6. The summed E-state index contributed by atoms with van der Waals surface area (Å²) in [6.07, 6.45) is 4.33. The van der Waals surface area contributed by atoms with Crippen LogP contribution < -0.4 is 15.0 Å². The second-order valence-corrected chi connectivity index (χ2v) is 11.7. The summed E-state index contributed by atoms with van der Waals surface area (Å²) in [6.45, 7) is 12.3. The Bertz CT molecular complexity index is 1400. The molecule has 0 aliphatic carbocycles. The Morgan fingerprint density at radius 1 is 1.18 bits per heavy atom. The number of aliphatic carboxylic acids is 1. The van der Waals surface area contributed by atoms with Crippen molar-refractivity contribution in [2.45, 2.75) is 71.3 Å². The lowest BCUT2D eigenvalue weighted by Gasteiger charge is -2.41. The molecule has 3 aliphatic rings. The molecule has 1 saturated heterocycles. The van der Waals surface area contributed by atoms with Gasteiger partial charge in [-0.2, -0.15) is 4.52 Å². The number of ether oxygens (including phenoxy) is 3. The molecule has 1 unspecified atom stereocenters. The quantitative estimate of drug-likeness (QED) is 0.440. The van der Waals surface area contributed by atoms with Crippen LogP contribution in [0.2, 0.25) is 0 Å². The number of nitrogens with one attached hydrogen (secondary N) is 1. The molecule has 10 nitrogen and oxygen atoms in total. The van der Waals surface area contributed by atoms with Crippen molar-refractivity contribution in [2.24, 2.45) is 0 Å². The molecule has 0 spiro atoms. The van der Waals surface area contributed by atoms with Gasteiger partial charge in [-0.1, -0.05) is 24.3 Å². The Morgan fingerprint density at radius 3 is 2.62 bits per heavy atom. The molecule has 1 aromatic carbocycles. The van der Waals surface area contributed by atoms with Gasteiger partial charge in [0.05, 0.1) is 23.4 Å². The molecule has 0 radical (unpaired) electrons. The van der Waals surface area contributed by atoms with Gasteiger partial charge in [-0.15, -0.1) is 5.10 Å². The summed E-state index contributed by atoms with van der Waals surface area (Å²) in [5, 5.41) is 18.6. The van der Waals surface area contributed by atoms with Crippen molar-refractivity contribution in [3.8, 4) is 5.75 Å². The normalized spacial score (nSPS) is 18.5. The minimum absolute atomic E-state index is 0.300. The van der Waals surface area contributed by atoms with E-state index in [1.165, 1.54) is 0 Å². The molecule has 3 aliphatic heterocycles. The maximum Gasteiger partial charge on any atom is 0.337 e. The number of benzene rings is 1. The van der Waals surface area contributed by atoms with E-state index in [9.17, 15) is 9.90 Å². The van der Waals surface area contributed by atoms with Crippen LogP contribution in [0.15, 0.2) is 42.5 Å². The van der Waals surface area contributed by atoms with Crippen LogP contribution in [0.4, 0.5) is 11.6 Å². The van der Waals surface area contributed by atoms with Crippen LogP contribution in [0.5, 0.6) is 5.75 Å². The second-order valence-electron chi connectivity index (χ2n) is 11.7. The van der Waals surface area contributed by atoms with E-state index in [2.05, 4.69) is 17.1 Å². The SMILES string of the molecule is Cc1nc2cc3nn2c(c1C(OC(C)(C)C)C(=O)O)N1CCC(C)(CC1)OCC=CCOc1ccccc1CN3. The number of hydrogen-bond acceptors (Lipinski definition) is 8. The van der Waals surface area contributed by atoms with Gasteiger partial charge in [0.1, 0.15) is 18.2 Å². The van der Waals surface area contributed by atoms with Gasteiger partial charge in [-0.3, -0.25) is 0 Å².